The fraction of sp³-hybridized carbons (Fsp3) is 0.628. The van der Waals surface area contributed by atoms with Crippen LogP contribution in [-0.4, -0.2) is 99.8 Å². The fourth-order valence-corrected chi connectivity index (χ4v) is 11.8. The second-order valence-electron chi connectivity index (χ2n) is 17.2. The van der Waals surface area contributed by atoms with Crippen molar-refractivity contribution in [2.24, 2.45) is 23.7 Å². The largest absolute Gasteiger partial charge is 0.497 e. The topological polar surface area (TPSA) is 89.5 Å². The van der Waals surface area contributed by atoms with E-state index in [-0.39, 0.29) is 36.0 Å². The van der Waals surface area contributed by atoms with Crippen molar-refractivity contribution in [1.82, 2.24) is 0 Å². The number of quaternary nitrogens is 2. The zero-order valence-electron chi connectivity index (χ0n) is 32.3. The van der Waals surface area contributed by atoms with Crippen molar-refractivity contribution in [3.63, 3.8) is 0 Å². The van der Waals surface area contributed by atoms with E-state index < -0.39 is 11.8 Å². The zero-order valence-corrected chi connectivity index (χ0v) is 32.3. The summed E-state index contributed by atoms with van der Waals surface area (Å²) in [7, 11) is 11.5. The van der Waals surface area contributed by atoms with Gasteiger partial charge < -0.3 is 37.4 Å². The fourth-order valence-electron chi connectivity index (χ4n) is 11.8. The number of allylic oxidation sites excluding steroid dienone is 2. The minimum Gasteiger partial charge on any atom is -0.497 e. The number of hydrogen-bond acceptors (Lipinski definition) is 8. The maximum absolute atomic E-state index is 14.1. The van der Waals surface area contributed by atoms with Gasteiger partial charge in [-0.05, 0) is 54.7 Å². The lowest BCUT2D eigenvalue weighted by atomic mass is 9.82. The third kappa shape index (κ3) is 6.37. The lowest BCUT2D eigenvalue weighted by Gasteiger charge is -2.47. The third-order valence-corrected chi connectivity index (χ3v) is 14.7. The summed E-state index contributed by atoms with van der Waals surface area (Å²) in [6.07, 6.45) is 12.6. The number of esters is 2. The molecule has 0 amide bonds. The van der Waals surface area contributed by atoms with Gasteiger partial charge in [-0.25, -0.2) is 0 Å². The average molecular weight is 731 g/mol. The van der Waals surface area contributed by atoms with Crippen LogP contribution < -0.4 is 18.9 Å². The van der Waals surface area contributed by atoms with Crippen LogP contribution in [0.2, 0.25) is 0 Å². The third-order valence-electron chi connectivity index (χ3n) is 14.7. The van der Waals surface area contributed by atoms with Gasteiger partial charge in [-0.15, -0.1) is 0 Å². The number of methoxy groups -OCH3 is 4. The molecule has 0 radical (unpaired) electrons. The summed E-state index contributed by atoms with van der Waals surface area (Å²) in [5.74, 6) is 2.12. The van der Waals surface area contributed by atoms with E-state index in [1.54, 1.807) is 28.4 Å². The predicted octanol–water partition coefficient (Wildman–Crippen LogP) is 6.23. The second kappa shape index (κ2) is 14.1. The van der Waals surface area contributed by atoms with E-state index in [9.17, 15) is 9.59 Å². The number of benzene rings is 2. The molecule has 5 fully saturated rings. The standard InChI is InChI=1S/C43H58N2O8/c1-44(24-28-18-34(48-3)13-15-38(28)50-5)30-9-10-31(44)21-36(20-30)52-42(46)40-26-7-8-27(17-26)41(40)43(47)53-37-22-32-11-12-33(23-37)45(32,2)25-29-19-35(49-4)14-16-39(29)51-6/h7-8,13-16,18-19,26-27,30-33,36-37,40-41H,9-12,17,20-25H2,1-6H3/q+2. The Kier molecular flexibility index (Phi) is 9.67. The molecule has 2 aromatic rings. The van der Waals surface area contributed by atoms with E-state index in [4.69, 9.17) is 28.4 Å². The van der Waals surface area contributed by atoms with Crippen LogP contribution in [0, 0.1) is 23.7 Å². The lowest BCUT2D eigenvalue weighted by molar-refractivity contribution is -0.961. The van der Waals surface area contributed by atoms with Gasteiger partial charge in [-0.1, -0.05) is 12.2 Å². The maximum Gasteiger partial charge on any atom is 0.310 e. The molecule has 6 bridgehead atoms. The van der Waals surface area contributed by atoms with Crippen molar-refractivity contribution in [1.29, 1.82) is 0 Å². The van der Waals surface area contributed by atoms with Gasteiger partial charge in [0.05, 0.1) is 89.7 Å². The minimum absolute atomic E-state index is 0.0345. The van der Waals surface area contributed by atoms with Crippen LogP contribution >= 0.6 is 0 Å². The Morgan fingerprint density at radius 2 is 0.943 bits per heavy atom. The Morgan fingerprint density at radius 1 is 0.566 bits per heavy atom. The number of carbonyl (C=O) groups excluding carboxylic acids is 2. The minimum atomic E-state index is -0.471. The van der Waals surface area contributed by atoms with Gasteiger partial charge in [-0.3, -0.25) is 9.59 Å². The number of nitrogens with zero attached hydrogens (tertiary/aromatic N) is 2. The highest BCUT2D eigenvalue weighted by molar-refractivity contribution is 5.84. The molecule has 0 spiro atoms. The summed E-state index contributed by atoms with van der Waals surface area (Å²) < 4.78 is 37.2. The highest BCUT2D eigenvalue weighted by Gasteiger charge is 2.58. The van der Waals surface area contributed by atoms with Gasteiger partial charge in [-0.2, -0.15) is 0 Å². The maximum atomic E-state index is 14.1. The van der Waals surface area contributed by atoms with Crippen LogP contribution in [0.15, 0.2) is 48.6 Å². The lowest BCUT2D eigenvalue weighted by Crippen LogP contribution is -2.58. The molecule has 2 aromatic carbocycles. The van der Waals surface area contributed by atoms with Crippen LogP contribution in [0.25, 0.3) is 0 Å². The van der Waals surface area contributed by atoms with Crippen LogP contribution in [0.3, 0.4) is 0 Å². The van der Waals surface area contributed by atoms with E-state index >= 15 is 0 Å². The van der Waals surface area contributed by atoms with Crippen molar-refractivity contribution in [3.8, 4) is 23.0 Å². The molecule has 1 saturated carbocycles. The van der Waals surface area contributed by atoms with Gasteiger partial charge in [0.15, 0.2) is 0 Å². The molecule has 10 heteroatoms. The van der Waals surface area contributed by atoms with Gasteiger partial charge >= 0.3 is 11.9 Å². The molecule has 0 N–H and O–H groups in total. The van der Waals surface area contributed by atoms with Crippen molar-refractivity contribution in [3.05, 3.63) is 59.7 Å². The van der Waals surface area contributed by atoms with Crippen molar-refractivity contribution in [2.75, 3.05) is 42.5 Å². The van der Waals surface area contributed by atoms with E-state index in [2.05, 4.69) is 38.4 Å². The first-order valence-corrected chi connectivity index (χ1v) is 19.8. The molecule has 4 heterocycles. The average Bonchev–Trinajstić information content (AvgIpc) is 3.82. The van der Waals surface area contributed by atoms with E-state index in [1.165, 1.54) is 0 Å². The number of piperidine rings is 2. The summed E-state index contributed by atoms with van der Waals surface area (Å²) in [6, 6.07) is 13.6. The molecule has 286 valence electrons. The first-order chi connectivity index (χ1) is 25.6. The molecule has 2 aliphatic carbocycles. The molecular formula is C43H58N2O8+2. The molecular weight excluding hydrogens is 672 g/mol. The smallest absolute Gasteiger partial charge is 0.310 e. The monoisotopic (exact) mass is 730 g/mol. The first-order valence-electron chi connectivity index (χ1n) is 19.8. The van der Waals surface area contributed by atoms with Crippen molar-refractivity contribution >= 4 is 11.9 Å². The Morgan fingerprint density at radius 3 is 1.28 bits per heavy atom. The number of rotatable bonds is 12. The van der Waals surface area contributed by atoms with E-state index in [1.807, 2.05) is 24.3 Å². The molecule has 8 unspecified atom stereocenters. The highest BCUT2D eigenvalue weighted by Crippen LogP contribution is 2.51. The Balaban J connectivity index is 0.906. The van der Waals surface area contributed by atoms with Crippen LogP contribution in [-0.2, 0) is 32.2 Å². The summed E-state index contributed by atoms with van der Waals surface area (Å²) in [6.45, 7) is 1.69. The van der Waals surface area contributed by atoms with E-state index in [0.29, 0.717) is 24.2 Å². The second-order valence-corrected chi connectivity index (χ2v) is 17.2. The van der Waals surface area contributed by atoms with Crippen molar-refractivity contribution < 1.29 is 47.0 Å². The number of carbonyl (C=O) groups is 2. The number of fused-ring (bicyclic) bond motifs is 6. The molecule has 8 atom stereocenters. The zero-order chi connectivity index (χ0) is 37.1. The summed E-state index contributed by atoms with van der Waals surface area (Å²) in [5, 5.41) is 0. The van der Waals surface area contributed by atoms with Gasteiger partial charge in [0, 0.05) is 51.4 Å². The van der Waals surface area contributed by atoms with Gasteiger partial charge in [0.1, 0.15) is 48.3 Å². The number of hydrogen-bond donors (Lipinski definition) is 0. The highest BCUT2D eigenvalue weighted by atomic mass is 16.6. The quantitative estimate of drug-likeness (QED) is 0.145. The Bertz CT molecular complexity index is 1590. The molecule has 53 heavy (non-hydrogen) atoms. The van der Waals surface area contributed by atoms with E-state index in [0.717, 1.165) is 114 Å². The van der Waals surface area contributed by atoms with Gasteiger partial charge in [0.2, 0.25) is 0 Å². The molecule has 8 rings (SSSR count). The van der Waals surface area contributed by atoms with Crippen LogP contribution in [0.5, 0.6) is 23.0 Å². The summed E-state index contributed by atoms with van der Waals surface area (Å²) >= 11 is 0. The molecule has 4 aliphatic heterocycles. The molecule has 10 nitrogen and oxygen atoms in total. The van der Waals surface area contributed by atoms with Crippen LogP contribution in [0.4, 0.5) is 0 Å². The molecule has 0 aromatic heterocycles. The normalized spacial score (nSPS) is 37.7. The first kappa shape index (κ1) is 36.2. The molecule has 4 saturated heterocycles. The Labute approximate surface area is 314 Å². The summed E-state index contributed by atoms with van der Waals surface area (Å²) in [5.41, 5.74) is 2.28. The van der Waals surface area contributed by atoms with Crippen LogP contribution in [0.1, 0.15) is 68.9 Å². The Hall–Kier alpha value is -3.76. The van der Waals surface area contributed by atoms with Gasteiger partial charge in [0.25, 0.3) is 0 Å². The number of ether oxygens (including phenoxy) is 6. The molecule has 6 aliphatic rings. The predicted molar refractivity (Wildman–Crippen MR) is 198 cm³/mol. The summed E-state index contributed by atoms with van der Waals surface area (Å²) in [4.78, 5) is 28.2. The SMILES string of the molecule is COc1ccc(OC)c(C[N+]2(C)C3CCC2CC(OC(=O)C2C4C=CC(C4)C2C(=O)OC2CC4CCC(C2)[N+]4(C)Cc2cc(OC)ccc2OC)C3)c1. The van der Waals surface area contributed by atoms with Crippen molar-refractivity contribution in [2.45, 2.75) is 107 Å².